The standard InChI is InChI=1S/C25H24Cl4N4O/c26-19-5-3-17(4-6-19)2-1-9-32-10-12-33(13-11-32)22-16-20(27)15-21(28)24(22)31-25(34)18-7-8-30-23(29)14-18/h3-8,14-16H,1-2,9-13H2,(H,31,34). The molecule has 0 aliphatic carbocycles. The lowest BCUT2D eigenvalue weighted by molar-refractivity contribution is 0.102. The van der Waals surface area contributed by atoms with Crippen LogP contribution < -0.4 is 10.2 Å². The zero-order chi connectivity index (χ0) is 24.1. The molecule has 2 heterocycles. The van der Waals surface area contributed by atoms with Crippen LogP contribution in [0.4, 0.5) is 11.4 Å². The second kappa shape index (κ2) is 11.6. The number of amides is 1. The summed E-state index contributed by atoms with van der Waals surface area (Å²) in [5.74, 6) is -0.310. The molecule has 2 aromatic carbocycles. The van der Waals surface area contributed by atoms with Gasteiger partial charge in [-0.05, 0) is 61.3 Å². The van der Waals surface area contributed by atoms with E-state index in [-0.39, 0.29) is 11.1 Å². The Kier molecular flexibility index (Phi) is 8.56. The molecule has 178 valence electrons. The largest absolute Gasteiger partial charge is 0.367 e. The van der Waals surface area contributed by atoms with Gasteiger partial charge in [-0.25, -0.2) is 4.98 Å². The predicted octanol–water partition coefficient (Wildman–Crippen LogP) is 6.70. The van der Waals surface area contributed by atoms with Gasteiger partial charge in [0, 0.05) is 48.0 Å². The molecule has 0 spiro atoms. The summed E-state index contributed by atoms with van der Waals surface area (Å²) in [4.78, 5) is 21.4. The van der Waals surface area contributed by atoms with Gasteiger partial charge in [0.1, 0.15) is 5.15 Å². The Morgan fingerprint density at radius 2 is 1.65 bits per heavy atom. The molecule has 1 amide bonds. The quantitative estimate of drug-likeness (QED) is 0.340. The molecule has 1 saturated heterocycles. The van der Waals surface area contributed by atoms with Gasteiger partial charge in [0.05, 0.1) is 16.4 Å². The number of carbonyl (C=O) groups excluding carboxylic acids is 1. The van der Waals surface area contributed by atoms with Gasteiger partial charge in [0.15, 0.2) is 0 Å². The van der Waals surface area contributed by atoms with Gasteiger partial charge in [-0.1, -0.05) is 58.5 Å². The van der Waals surface area contributed by atoms with Crippen molar-refractivity contribution in [2.45, 2.75) is 12.8 Å². The van der Waals surface area contributed by atoms with Crippen molar-refractivity contribution < 1.29 is 4.79 Å². The molecule has 1 N–H and O–H groups in total. The number of anilines is 2. The van der Waals surface area contributed by atoms with Crippen molar-refractivity contribution in [1.29, 1.82) is 0 Å². The van der Waals surface area contributed by atoms with E-state index in [1.807, 2.05) is 18.2 Å². The van der Waals surface area contributed by atoms with Crippen molar-refractivity contribution in [3.8, 4) is 0 Å². The van der Waals surface area contributed by atoms with Crippen molar-refractivity contribution in [3.05, 3.63) is 86.1 Å². The highest BCUT2D eigenvalue weighted by Gasteiger charge is 2.22. The van der Waals surface area contributed by atoms with Gasteiger partial charge in [0.2, 0.25) is 0 Å². The van der Waals surface area contributed by atoms with Crippen LogP contribution in [-0.4, -0.2) is 48.5 Å². The molecule has 0 unspecified atom stereocenters. The van der Waals surface area contributed by atoms with Crippen LogP contribution in [0.25, 0.3) is 0 Å². The zero-order valence-electron chi connectivity index (χ0n) is 18.4. The first-order valence-electron chi connectivity index (χ1n) is 11.0. The van der Waals surface area contributed by atoms with Crippen LogP contribution in [0.2, 0.25) is 20.2 Å². The number of aryl methyl sites for hydroxylation is 1. The van der Waals surface area contributed by atoms with Gasteiger partial charge in [-0.3, -0.25) is 9.69 Å². The fraction of sp³-hybridized carbons (Fsp3) is 0.280. The number of hydrogen-bond donors (Lipinski definition) is 1. The Hall–Kier alpha value is -2.02. The fourth-order valence-electron chi connectivity index (χ4n) is 4.03. The lowest BCUT2D eigenvalue weighted by Gasteiger charge is -2.37. The van der Waals surface area contributed by atoms with Gasteiger partial charge < -0.3 is 10.2 Å². The molecule has 9 heteroatoms. The second-order valence-electron chi connectivity index (χ2n) is 8.16. The normalized spacial score (nSPS) is 14.3. The lowest BCUT2D eigenvalue weighted by atomic mass is 10.1. The van der Waals surface area contributed by atoms with E-state index in [1.54, 1.807) is 12.1 Å². The highest BCUT2D eigenvalue weighted by atomic mass is 35.5. The van der Waals surface area contributed by atoms with E-state index in [0.717, 1.165) is 56.3 Å². The summed E-state index contributed by atoms with van der Waals surface area (Å²) >= 11 is 24.7. The molecule has 0 bridgehead atoms. The van der Waals surface area contributed by atoms with Crippen molar-refractivity contribution in [1.82, 2.24) is 9.88 Å². The zero-order valence-corrected chi connectivity index (χ0v) is 21.4. The van der Waals surface area contributed by atoms with Crippen LogP contribution in [0.1, 0.15) is 22.3 Å². The fourth-order valence-corrected chi connectivity index (χ4v) is 4.86. The molecule has 1 aliphatic heterocycles. The monoisotopic (exact) mass is 536 g/mol. The maximum atomic E-state index is 12.8. The van der Waals surface area contributed by atoms with Gasteiger partial charge in [-0.2, -0.15) is 0 Å². The summed E-state index contributed by atoms with van der Waals surface area (Å²) in [6.45, 7) is 4.47. The summed E-state index contributed by atoms with van der Waals surface area (Å²) in [5, 5.41) is 4.86. The number of hydrogen-bond acceptors (Lipinski definition) is 4. The van der Waals surface area contributed by atoms with Crippen LogP contribution in [0.15, 0.2) is 54.7 Å². The van der Waals surface area contributed by atoms with E-state index in [9.17, 15) is 4.79 Å². The minimum atomic E-state index is -0.310. The summed E-state index contributed by atoms with van der Waals surface area (Å²) in [7, 11) is 0. The Balaban J connectivity index is 1.38. The van der Waals surface area contributed by atoms with E-state index < -0.39 is 0 Å². The first-order chi connectivity index (χ1) is 16.4. The van der Waals surface area contributed by atoms with E-state index in [0.29, 0.717) is 21.3 Å². The molecule has 1 aromatic heterocycles. The Bertz CT molecular complexity index is 1150. The summed E-state index contributed by atoms with van der Waals surface area (Å²) < 4.78 is 0. The van der Waals surface area contributed by atoms with Crippen LogP contribution in [0.5, 0.6) is 0 Å². The number of nitrogens with one attached hydrogen (secondary N) is 1. The molecular formula is C25H24Cl4N4O. The Labute approximate surface area is 219 Å². The third-order valence-corrected chi connectivity index (χ3v) is 6.80. The molecule has 5 nitrogen and oxygen atoms in total. The van der Waals surface area contributed by atoms with Crippen molar-refractivity contribution in [3.63, 3.8) is 0 Å². The Morgan fingerprint density at radius 1 is 0.912 bits per heavy atom. The Morgan fingerprint density at radius 3 is 2.35 bits per heavy atom. The number of pyridine rings is 1. The first-order valence-corrected chi connectivity index (χ1v) is 12.5. The van der Waals surface area contributed by atoms with E-state index in [2.05, 4.69) is 32.2 Å². The molecule has 0 saturated carbocycles. The topological polar surface area (TPSA) is 48.5 Å². The van der Waals surface area contributed by atoms with Gasteiger partial charge in [-0.15, -0.1) is 0 Å². The molecule has 1 aliphatic rings. The predicted molar refractivity (Wildman–Crippen MR) is 142 cm³/mol. The van der Waals surface area contributed by atoms with Gasteiger partial charge in [0.25, 0.3) is 5.91 Å². The van der Waals surface area contributed by atoms with Gasteiger partial charge >= 0.3 is 0 Å². The summed E-state index contributed by atoms with van der Waals surface area (Å²) in [6.07, 6.45) is 3.60. The minimum Gasteiger partial charge on any atom is -0.367 e. The smallest absolute Gasteiger partial charge is 0.255 e. The maximum absolute atomic E-state index is 12.8. The van der Waals surface area contributed by atoms with E-state index in [4.69, 9.17) is 46.4 Å². The van der Waals surface area contributed by atoms with Crippen molar-refractivity contribution in [2.24, 2.45) is 0 Å². The number of piperazine rings is 1. The minimum absolute atomic E-state index is 0.252. The average molecular weight is 538 g/mol. The number of nitrogens with zero attached hydrogens (tertiary/aromatic N) is 3. The van der Waals surface area contributed by atoms with Crippen molar-refractivity contribution in [2.75, 3.05) is 42.9 Å². The SMILES string of the molecule is O=C(Nc1c(Cl)cc(Cl)cc1N1CCN(CCCc2ccc(Cl)cc2)CC1)c1ccnc(Cl)c1. The molecule has 34 heavy (non-hydrogen) atoms. The molecular weight excluding hydrogens is 514 g/mol. The molecule has 0 radical (unpaired) electrons. The van der Waals surface area contributed by atoms with Crippen LogP contribution in [-0.2, 0) is 6.42 Å². The van der Waals surface area contributed by atoms with Crippen LogP contribution in [0, 0.1) is 0 Å². The van der Waals surface area contributed by atoms with E-state index in [1.165, 1.54) is 17.8 Å². The third-order valence-electron chi connectivity index (χ3n) is 5.83. The lowest BCUT2D eigenvalue weighted by Crippen LogP contribution is -2.47. The third kappa shape index (κ3) is 6.55. The average Bonchev–Trinajstić information content (AvgIpc) is 2.82. The van der Waals surface area contributed by atoms with Crippen molar-refractivity contribution >= 4 is 63.7 Å². The van der Waals surface area contributed by atoms with Crippen LogP contribution >= 0.6 is 46.4 Å². The number of rotatable bonds is 7. The second-order valence-corrected chi connectivity index (χ2v) is 9.83. The maximum Gasteiger partial charge on any atom is 0.255 e. The summed E-state index contributed by atoms with van der Waals surface area (Å²) in [5.41, 5.74) is 3.06. The first kappa shape index (κ1) is 25.1. The highest BCUT2D eigenvalue weighted by Crippen LogP contribution is 2.37. The number of aromatic nitrogens is 1. The highest BCUT2D eigenvalue weighted by molar-refractivity contribution is 6.38. The molecule has 1 fully saturated rings. The number of carbonyl (C=O) groups is 1. The van der Waals surface area contributed by atoms with Crippen LogP contribution in [0.3, 0.4) is 0 Å². The van der Waals surface area contributed by atoms with E-state index >= 15 is 0 Å². The molecule has 0 atom stereocenters. The number of halogens is 4. The molecule has 3 aromatic rings. The molecule has 4 rings (SSSR count). The summed E-state index contributed by atoms with van der Waals surface area (Å²) in [6, 6.07) is 14.6. The number of benzene rings is 2.